The molecule has 104 valence electrons. The molecule has 0 aliphatic carbocycles. The van der Waals surface area contributed by atoms with E-state index in [1.54, 1.807) is 15.8 Å². The van der Waals surface area contributed by atoms with Gasteiger partial charge in [0.2, 0.25) is 11.8 Å². The lowest BCUT2D eigenvalue weighted by Crippen LogP contribution is -2.67. The topological polar surface area (TPSA) is 67.2 Å². The molecular formula is C13H20N4O2. The number of hydrogen-bond donors (Lipinski definition) is 1. The van der Waals surface area contributed by atoms with E-state index in [2.05, 4.69) is 10.4 Å². The third-order valence-corrected chi connectivity index (χ3v) is 3.92. The van der Waals surface area contributed by atoms with Crippen LogP contribution < -0.4 is 5.32 Å². The van der Waals surface area contributed by atoms with Crippen molar-refractivity contribution in [1.82, 2.24) is 20.0 Å². The van der Waals surface area contributed by atoms with Crippen molar-refractivity contribution < 1.29 is 9.59 Å². The molecule has 0 aromatic carbocycles. The van der Waals surface area contributed by atoms with Crippen LogP contribution >= 0.6 is 0 Å². The summed E-state index contributed by atoms with van der Waals surface area (Å²) in [6, 6.07) is 1.84. The second kappa shape index (κ2) is 5.42. The summed E-state index contributed by atoms with van der Waals surface area (Å²) in [5.74, 6) is -0.0620. The first kappa shape index (κ1) is 13.6. The predicted octanol–water partition coefficient (Wildman–Crippen LogP) is 0.400. The van der Waals surface area contributed by atoms with Gasteiger partial charge < -0.3 is 10.2 Å². The number of piperazine rings is 1. The van der Waals surface area contributed by atoms with Crippen LogP contribution in [0.25, 0.3) is 0 Å². The minimum Gasteiger partial charge on any atom is -0.345 e. The Hall–Kier alpha value is -1.85. The number of nitrogens with zero attached hydrogens (tertiary/aromatic N) is 3. The van der Waals surface area contributed by atoms with Crippen molar-refractivity contribution in [3.05, 3.63) is 18.5 Å². The molecule has 6 nitrogen and oxygen atoms in total. The first-order chi connectivity index (χ1) is 9.14. The van der Waals surface area contributed by atoms with Gasteiger partial charge in [0.15, 0.2) is 0 Å². The molecule has 2 rings (SSSR count). The summed E-state index contributed by atoms with van der Waals surface area (Å²) in [5, 5.41) is 6.82. The lowest BCUT2D eigenvalue weighted by Gasteiger charge is -2.45. The normalized spacial score (nSPS) is 18.5. The van der Waals surface area contributed by atoms with E-state index in [1.165, 1.54) is 0 Å². The highest BCUT2D eigenvalue weighted by Gasteiger charge is 2.46. The predicted molar refractivity (Wildman–Crippen MR) is 70.3 cm³/mol. The van der Waals surface area contributed by atoms with Gasteiger partial charge in [0, 0.05) is 18.9 Å². The van der Waals surface area contributed by atoms with Gasteiger partial charge in [-0.2, -0.15) is 5.10 Å². The van der Waals surface area contributed by atoms with Crippen LogP contribution in [0, 0.1) is 0 Å². The van der Waals surface area contributed by atoms with Crippen molar-refractivity contribution in [2.75, 3.05) is 13.1 Å². The molecule has 1 aromatic heterocycles. The third-order valence-electron chi connectivity index (χ3n) is 3.92. The average molecular weight is 264 g/mol. The molecule has 19 heavy (non-hydrogen) atoms. The van der Waals surface area contributed by atoms with E-state index in [4.69, 9.17) is 0 Å². The van der Waals surface area contributed by atoms with Crippen molar-refractivity contribution in [2.24, 2.45) is 0 Å². The lowest BCUT2D eigenvalue weighted by atomic mass is 9.87. The minimum atomic E-state index is -0.706. The fraction of sp³-hybridized carbons (Fsp3) is 0.615. The number of aromatic nitrogens is 2. The van der Waals surface area contributed by atoms with E-state index in [1.807, 2.05) is 26.1 Å². The van der Waals surface area contributed by atoms with Gasteiger partial charge >= 0.3 is 0 Å². The van der Waals surface area contributed by atoms with Crippen LogP contribution in [-0.4, -0.2) is 45.1 Å². The molecular weight excluding hydrogens is 244 g/mol. The zero-order valence-corrected chi connectivity index (χ0v) is 11.4. The largest absolute Gasteiger partial charge is 0.345 e. The Labute approximate surface area is 112 Å². The maximum Gasteiger partial charge on any atom is 0.246 e. The quantitative estimate of drug-likeness (QED) is 0.837. The highest BCUT2D eigenvalue weighted by atomic mass is 16.2. The number of nitrogens with one attached hydrogen (secondary N) is 1. The molecule has 0 unspecified atom stereocenters. The molecule has 1 saturated heterocycles. The van der Waals surface area contributed by atoms with Crippen molar-refractivity contribution in [3.8, 4) is 0 Å². The van der Waals surface area contributed by atoms with Gasteiger partial charge in [-0.15, -0.1) is 0 Å². The maximum absolute atomic E-state index is 12.2. The number of hydrogen-bond acceptors (Lipinski definition) is 3. The van der Waals surface area contributed by atoms with Gasteiger partial charge in [0.05, 0.1) is 13.1 Å². The number of carbonyl (C=O) groups is 2. The van der Waals surface area contributed by atoms with Crippen LogP contribution in [0.5, 0.6) is 0 Å². The number of rotatable bonds is 5. The summed E-state index contributed by atoms with van der Waals surface area (Å²) in [4.78, 5) is 26.0. The summed E-state index contributed by atoms with van der Waals surface area (Å²) >= 11 is 0. The molecule has 2 heterocycles. The standard InChI is InChI=1S/C13H20N4O2/c1-3-13(4-2)12(19)14-10-11(18)17(13)9-8-16-7-5-6-15-16/h5-7H,3-4,8-10H2,1-2H3,(H,14,19). The first-order valence-electron chi connectivity index (χ1n) is 6.70. The Morgan fingerprint density at radius 2 is 2.05 bits per heavy atom. The van der Waals surface area contributed by atoms with Crippen LogP contribution in [0.4, 0.5) is 0 Å². The van der Waals surface area contributed by atoms with Crippen LogP contribution in [0.15, 0.2) is 18.5 Å². The van der Waals surface area contributed by atoms with E-state index < -0.39 is 5.54 Å². The highest BCUT2D eigenvalue weighted by Crippen LogP contribution is 2.27. The SMILES string of the molecule is CCC1(CC)C(=O)NCC(=O)N1CCn1cccn1. The van der Waals surface area contributed by atoms with Crippen molar-refractivity contribution in [2.45, 2.75) is 38.8 Å². The molecule has 1 N–H and O–H groups in total. The van der Waals surface area contributed by atoms with E-state index >= 15 is 0 Å². The van der Waals surface area contributed by atoms with Gasteiger partial charge in [-0.1, -0.05) is 13.8 Å². The van der Waals surface area contributed by atoms with Crippen molar-refractivity contribution >= 4 is 11.8 Å². The summed E-state index contributed by atoms with van der Waals surface area (Å²) in [6.07, 6.45) is 4.81. The van der Waals surface area contributed by atoms with E-state index in [9.17, 15) is 9.59 Å². The molecule has 6 heteroatoms. The van der Waals surface area contributed by atoms with Crippen LogP contribution in [0.2, 0.25) is 0 Å². The van der Waals surface area contributed by atoms with Gasteiger partial charge in [-0.3, -0.25) is 14.3 Å². The van der Waals surface area contributed by atoms with E-state index in [-0.39, 0.29) is 18.4 Å². The van der Waals surface area contributed by atoms with Crippen molar-refractivity contribution in [3.63, 3.8) is 0 Å². The summed E-state index contributed by atoms with van der Waals surface area (Å²) in [5.41, 5.74) is -0.706. The van der Waals surface area contributed by atoms with Crippen LogP contribution in [-0.2, 0) is 16.1 Å². The summed E-state index contributed by atoms with van der Waals surface area (Å²) in [6.45, 7) is 5.11. The molecule has 0 radical (unpaired) electrons. The third kappa shape index (κ3) is 2.34. The number of carbonyl (C=O) groups excluding carboxylic acids is 2. The molecule has 0 spiro atoms. The molecule has 1 aliphatic rings. The average Bonchev–Trinajstić information content (AvgIpc) is 2.93. The Morgan fingerprint density at radius 1 is 1.32 bits per heavy atom. The monoisotopic (exact) mass is 264 g/mol. The number of amides is 2. The Kier molecular flexibility index (Phi) is 3.87. The van der Waals surface area contributed by atoms with Gasteiger partial charge in [-0.05, 0) is 18.9 Å². The highest BCUT2D eigenvalue weighted by molar-refractivity contribution is 5.97. The second-order valence-electron chi connectivity index (χ2n) is 4.74. The maximum atomic E-state index is 12.2. The fourth-order valence-corrected chi connectivity index (χ4v) is 2.70. The van der Waals surface area contributed by atoms with E-state index in [0.717, 1.165) is 0 Å². The Morgan fingerprint density at radius 3 is 2.63 bits per heavy atom. The van der Waals surface area contributed by atoms with Crippen LogP contribution in [0.3, 0.4) is 0 Å². The lowest BCUT2D eigenvalue weighted by molar-refractivity contribution is -0.154. The Bertz CT molecular complexity index is 451. The Balaban J connectivity index is 2.17. The zero-order chi connectivity index (χ0) is 13.9. The molecule has 0 bridgehead atoms. The molecule has 0 atom stereocenters. The van der Waals surface area contributed by atoms with Crippen molar-refractivity contribution in [1.29, 1.82) is 0 Å². The summed E-state index contributed by atoms with van der Waals surface area (Å²) in [7, 11) is 0. The van der Waals surface area contributed by atoms with E-state index in [0.29, 0.717) is 25.9 Å². The molecule has 1 fully saturated rings. The first-order valence-corrected chi connectivity index (χ1v) is 6.70. The molecule has 2 amide bonds. The summed E-state index contributed by atoms with van der Waals surface area (Å²) < 4.78 is 1.77. The van der Waals surface area contributed by atoms with Gasteiger partial charge in [0.1, 0.15) is 5.54 Å². The van der Waals surface area contributed by atoms with Gasteiger partial charge in [-0.25, -0.2) is 0 Å². The van der Waals surface area contributed by atoms with Crippen LogP contribution in [0.1, 0.15) is 26.7 Å². The smallest absolute Gasteiger partial charge is 0.246 e. The zero-order valence-electron chi connectivity index (χ0n) is 11.4. The molecule has 0 saturated carbocycles. The van der Waals surface area contributed by atoms with Gasteiger partial charge in [0.25, 0.3) is 0 Å². The second-order valence-corrected chi connectivity index (χ2v) is 4.74. The molecule has 1 aliphatic heterocycles. The fourth-order valence-electron chi connectivity index (χ4n) is 2.70. The molecule has 1 aromatic rings. The minimum absolute atomic E-state index is 0.0181.